The molecule has 0 saturated carbocycles. The van der Waals surface area contributed by atoms with Crippen LogP contribution in [0.25, 0.3) is 0 Å². The van der Waals surface area contributed by atoms with Gasteiger partial charge in [-0.25, -0.2) is 0 Å². The lowest BCUT2D eigenvalue weighted by molar-refractivity contribution is 2.37. The summed E-state index contributed by atoms with van der Waals surface area (Å²) in [5, 5.41) is 0. The molecule has 0 amide bonds. The van der Waals surface area contributed by atoms with E-state index in [2.05, 4.69) is 21.7 Å². The van der Waals surface area contributed by atoms with Crippen LogP contribution in [-0.2, 0) is 0 Å². The quantitative estimate of drug-likeness (QED) is 0.488. The Morgan fingerprint density at radius 2 is 1.20 bits per heavy atom. The minimum atomic E-state index is 1.75. The Labute approximate surface area is 46.4 Å². The SMILES string of the molecule is CSC.ClCl. The fraction of sp³-hybridized carbons (Fsp3) is 1.00. The summed E-state index contributed by atoms with van der Waals surface area (Å²) in [4.78, 5) is 0. The van der Waals surface area contributed by atoms with E-state index in [9.17, 15) is 0 Å². The summed E-state index contributed by atoms with van der Waals surface area (Å²) in [5.41, 5.74) is 0. The van der Waals surface area contributed by atoms with E-state index in [0.29, 0.717) is 0 Å². The predicted octanol–water partition coefficient (Wildman–Crippen LogP) is 2.36. The molecule has 0 atom stereocenters. The summed E-state index contributed by atoms with van der Waals surface area (Å²) < 4.78 is 0. The Balaban J connectivity index is 0. The number of hydrogen-bond acceptors (Lipinski definition) is 1. The van der Waals surface area contributed by atoms with Gasteiger partial charge in [0, 0.05) is 21.7 Å². The van der Waals surface area contributed by atoms with Gasteiger partial charge in [-0.05, 0) is 12.5 Å². The van der Waals surface area contributed by atoms with E-state index in [-0.39, 0.29) is 0 Å². The van der Waals surface area contributed by atoms with E-state index in [0.717, 1.165) is 0 Å². The van der Waals surface area contributed by atoms with Crippen LogP contribution in [-0.4, -0.2) is 12.5 Å². The Kier molecular flexibility index (Phi) is 38.2. The zero-order valence-corrected chi connectivity index (χ0v) is 5.49. The number of halogens is 2. The molecule has 3 heteroatoms. The van der Waals surface area contributed by atoms with E-state index >= 15 is 0 Å². The van der Waals surface area contributed by atoms with Crippen molar-refractivity contribution in [3.8, 4) is 0 Å². The van der Waals surface area contributed by atoms with Crippen LogP contribution < -0.4 is 0 Å². The summed E-state index contributed by atoms with van der Waals surface area (Å²) in [6.45, 7) is 0. The van der Waals surface area contributed by atoms with Gasteiger partial charge < -0.3 is 0 Å². The fourth-order valence-electron chi connectivity index (χ4n) is 0. The third kappa shape index (κ3) is 48.9. The summed E-state index contributed by atoms with van der Waals surface area (Å²) in [7, 11) is 8.22. The van der Waals surface area contributed by atoms with Gasteiger partial charge in [0.15, 0.2) is 0 Å². The van der Waals surface area contributed by atoms with Crippen molar-refractivity contribution in [3.63, 3.8) is 0 Å². The second-order valence-electron chi connectivity index (χ2n) is 0.408. The highest BCUT2D eigenvalue weighted by atomic mass is 36.5. The van der Waals surface area contributed by atoms with Crippen molar-refractivity contribution in [2.24, 2.45) is 0 Å². The largest absolute Gasteiger partial charge is 0.169 e. The molecule has 0 radical (unpaired) electrons. The maximum atomic E-state index is 4.11. The van der Waals surface area contributed by atoms with E-state index in [1.54, 1.807) is 11.8 Å². The van der Waals surface area contributed by atoms with Gasteiger partial charge in [0.1, 0.15) is 0 Å². The van der Waals surface area contributed by atoms with Crippen LogP contribution in [0.3, 0.4) is 0 Å². The van der Waals surface area contributed by atoms with Gasteiger partial charge >= 0.3 is 0 Å². The molecule has 0 unspecified atom stereocenters. The molecular weight excluding hydrogens is 127 g/mol. The molecule has 0 aliphatic rings. The minimum Gasteiger partial charge on any atom is -0.169 e. The molecule has 0 saturated heterocycles. The van der Waals surface area contributed by atoms with E-state index < -0.39 is 0 Å². The van der Waals surface area contributed by atoms with Gasteiger partial charge in [0.05, 0.1) is 0 Å². The lowest BCUT2D eigenvalue weighted by atomic mass is 11.9. The lowest BCUT2D eigenvalue weighted by Crippen LogP contribution is -1.25. The highest BCUT2D eigenvalue weighted by Crippen LogP contribution is 1.70. The van der Waals surface area contributed by atoms with Crippen molar-refractivity contribution in [2.45, 2.75) is 0 Å². The molecule has 0 aromatic rings. The van der Waals surface area contributed by atoms with Gasteiger partial charge in [-0.1, -0.05) is 0 Å². The molecule has 0 aromatic heterocycles. The first-order valence-corrected chi connectivity index (χ1v) is 3.74. The molecule has 0 nitrogen and oxygen atoms in total. The van der Waals surface area contributed by atoms with Crippen LogP contribution in [0.4, 0.5) is 0 Å². The highest BCUT2D eigenvalue weighted by Gasteiger charge is 1.32. The van der Waals surface area contributed by atoms with Gasteiger partial charge in [-0.2, -0.15) is 11.8 Å². The average Bonchev–Trinajstić information content (AvgIpc) is 1.46. The van der Waals surface area contributed by atoms with Crippen molar-refractivity contribution in [1.82, 2.24) is 0 Å². The van der Waals surface area contributed by atoms with Gasteiger partial charge in [-0.3, -0.25) is 0 Å². The Hall–Kier alpha value is 0.930. The molecule has 0 aliphatic heterocycles. The number of thioether (sulfide) groups is 1. The third-order valence-corrected chi connectivity index (χ3v) is 0. The molecule has 0 bridgehead atoms. The molecular formula is C2H6Cl2S. The zero-order valence-electron chi connectivity index (χ0n) is 3.16. The van der Waals surface area contributed by atoms with Crippen LogP contribution in [0.5, 0.6) is 0 Å². The molecule has 5 heavy (non-hydrogen) atoms. The maximum absolute atomic E-state index is 4.11. The van der Waals surface area contributed by atoms with Crippen LogP contribution >= 0.6 is 33.5 Å². The Morgan fingerprint density at radius 1 is 1.20 bits per heavy atom. The number of hydrogen-bond donors (Lipinski definition) is 0. The molecule has 0 rings (SSSR count). The summed E-state index contributed by atoms with van der Waals surface area (Å²) in [6.07, 6.45) is 4.08. The normalized spacial score (nSPS) is 4.80. The molecule has 0 spiro atoms. The van der Waals surface area contributed by atoms with Crippen LogP contribution in [0.15, 0.2) is 0 Å². The number of rotatable bonds is 0. The van der Waals surface area contributed by atoms with Crippen molar-refractivity contribution in [1.29, 1.82) is 0 Å². The van der Waals surface area contributed by atoms with Gasteiger partial charge in [-0.15, -0.1) is 0 Å². The summed E-state index contributed by atoms with van der Waals surface area (Å²) >= 11 is 1.75. The molecule has 0 fully saturated rings. The third-order valence-electron chi connectivity index (χ3n) is 0. The minimum absolute atomic E-state index is 1.75. The predicted molar refractivity (Wildman–Crippen MR) is 31.1 cm³/mol. The molecule has 0 aromatic carbocycles. The standard InChI is InChI=1S/C2H6S.Cl2/c1-3-2;1-2/h1-2H3;. The average molecular weight is 133 g/mol. The second kappa shape index (κ2) is 20.4. The topological polar surface area (TPSA) is 0 Å². The van der Waals surface area contributed by atoms with E-state index in [4.69, 9.17) is 0 Å². The smallest absolute Gasteiger partial charge is 0 e. The molecule has 34 valence electrons. The van der Waals surface area contributed by atoms with Crippen molar-refractivity contribution in [3.05, 3.63) is 0 Å². The first-order valence-electron chi connectivity index (χ1n) is 0.959. The molecule has 0 N–H and O–H groups in total. The lowest BCUT2D eigenvalue weighted by Gasteiger charge is -1.51. The first-order chi connectivity index (χ1) is 2.41. The monoisotopic (exact) mass is 132 g/mol. The van der Waals surface area contributed by atoms with Crippen molar-refractivity contribution < 1.29 is 0 Å². The fourth-order valence-corrected chi connectivity index (χ4v) is 0. The zero-order chi connectivity index (χ0) is 4.71. The Morgan fingerprint density at radius 3 is 1.20 bits per heavy atom. The summed E-state index contributed by atoms with van der Waals surface area (Å²) in [6, 6.07) is 0. The van der Waals surface area contributed by atoms with Crippen LogP contribution in [0.1, 0.15) is 0 Å². The van der Waals surface area contributed by atoms with E-state index in [1.165, 1.54) is 0 Å². The Bertz CT molecular complexity index is 7.61. The second-order valence-corrected chi connectivity index (χ2v) is 1.22. The van der Waals surface area contributed by atoms with Crippen LogP contribution in [0, 0.1) is 0 Å². The molecule has 0 aliphatic carbocycles. The van der Waals surface area contributed by atoms with Gasteiger partial charge in [0.2, 0.25) is 0 Å². The summed E-state index contributed by atoms with van der Waals surface area (Å²) in [5.74, 6) is 0. The highest BCUT2D eigenvalue weighted by molar-refractivity contribution is 7.97. The van der Waals surface area contributed by atoms with E-state index in [1.807, 2.05) is 12.5 Å². The molecule has 0 heterocycles. The van der Waals surface area contributed by atoms with Crippen molar-refractivity contribution >= 4 is 33.5 Å². The van der Waals surface area contributed by atoms with Gasteiger partial charge in [0.25, 0.3) is 0 Å². The first kappa shape index (κ1) is 9.33. The van der Waals surface area contributed by atoms with Crippen molar-refractivity contribution in [2.75, 3.05) is 12.5 Å². The maximum Gasteiger partial charge on any atom is 0 e. The van der Waals surface area contributed by atoms with Crippen LogP contribution in [0.2, 0.25) is 0 Å².